The lowest BCUT2D eigenvalue weighted by atomic mass is 9.89. The first-order valence-electron chi connectivity index (χ1n) is 16.2. The van der Waals surface area contributed by atoms with E-state index in [-0.39, 0.29) is 18.5 Å². The number of aliphatic hydroxyl groups is 1. The van der Waals surface area contributed by atoms with E-state index < -0.39 is 48.5 Å². The number of unbranched alkanes of at least 4 members (excludes halogenated alkanes) is 5. The highest BCUT2D eigenvalue weighted by Gasteiger charge is 2.44. The number of benzene rings is 1. The lowest BCUT2D eigenvalue weighted by Gasteiger charge is -2.24. The molecule has 8 heteroatoms. The molecule has 0 radical (unpaired) electrons. The molecule has 1 saturated carbocycles. The number of esters is 2. The summed E-state index contributed by atoms with van der Waals surface area (Å²) >= 11 is 0. The highest BCUT2D eigenvalue weighted by atomic mass is 19.3. The number of rotatable bonds is 21. The van der Waals surface area contributed by atoms with Gasteiger partial charge in [-0.05, 0) is 57.7 Å². The maximum absolute atomic E-state index is 14.8. The molecule has 0 saturated heterocycles. The molecule has 0 bridgehead atoms. The molecule has 1 fully saturated rings. The van der Waals surface area contributed by atoms with Gasteiger partial charge in [-0.15, -0.1) is 6.58 Å². The zero-order chi connectivity index (χ0) is 32.4. The number of carbonyl (C=O) groups is 2. The normalized spacial score (nSPS) is 21.2. The van der Waals surface area contributed by atoms with Gasteiger partial charge < -0.3 is 19.3 Å². The zero-order valence-corrected chi connectivity index (χ0v) is 26.7. The van der Waals surface area contributed by atoms with Crippen molar-refractivity contribution >= 4 is 11.9 Å². The quantitative estimate of drug-likeness (QED) is 0.0847. The molecule has 0 spiro atoms. The van der Waals surface area contributed by atoms with E-state index in [2.05, 4.69) is 13.5 Å². The zero-order valence-electron chi connectivity index (χ0n) is 26.7. The summed E-state index contributed by atoms with van der Waals surface area (Å²) in [4.78, 5) is 24.9. The average molecular weight is 619 g/mol. The van der Waals surface area contributed by atoms with Crippen LogP contribution in [0.25, 0.3) is 0 Å². The van der Waals surface area contributed by atoms with Crippen LogP contribution in [0.5, 0.6) is 5.75 Å². The first-order chi connectivity index (χ1) is 21.1. The summed E-state index contributed by atoms with van der Waals surface area (Å²) in [7, 11) is 0. The molecule has 0 amide bonds. The van der Waals surface area contributed by atoms with E-state index in [1.54, 1.807) is 50.3 Å². The molecule has 0 aromatic heterocycles. The van der Waals surface area contributed by atoms with Crippen molar-refractivity contribution in [3.05, 3.63) is 67.3 Å². The monoisotopic (exact) mass is 618 g/mol. The van der Waals surface area contributed by atoms with Gasteiger partial charge in [-0.25, -0.2) is 0 Å². The summed E-state index contributed by atoms with van der Waals surface area (Å²) in [5.41, 5.74) is 0. The lowest BCUT2D eigenvalue weighted by Crippen LogP contribution is -2.28. The predicted octanol–water partition coefficient (Wildman–Crippen LogP) is 8.40. The second kappa shape index (κ2) is 20.1. The Labute approximate surface area is 262 Å². The van der Waals surface area contributed by atoms with E-state index in [1.165, 1.54) is 6.08 Å². The van der Waals surface area contributed by atoms with Gasteiger partial charge in [-0.1, -0.05) is 81.5 Å². The molecule has 0 aliphatic heterocycles. The van der Waals surface area contributed by atoms with Gasteiger partial charge in [-0.2, -0.15) is 8.78 Å². The van der Waals surface area contributed by atoms with E-state index in [1.807, 2.05) is 12.2 Å². The van der Waals surface area contributed by atoms with Crippen LogP contribution in [0.3, 0.4) is 0 Å². The minimum Gasteiger partial charge on any atom is -0.487 e. The molecule has 44 heavy (non-hydrogen) atoms. The number of hydrogen-bond donors (Lipinski definition) is 1. The highest BCUT2D eigenvalue weighted by Crippen LogP contribution is 2.39. The molecule has 6 nitrogen and oxygen atoms in total. The van der Waals surface area contributed by atoms with Crippen LogP contribution < -0.4 is 4.74 Å². The van der Waals surface area contributed by atoms with Gasteiger partial charge >= 0.3 is 11.9 Å². The van der Waals surface area contributed by atoms with E-state index in [0.717, 1.165) is 38.2 Å². The fourth-order valence-electron chi connectivity index (χ4n) is 5.41. The largest absolute Gasteiger partial charge is 0.487 e. The van der Waals surface area contributed by atoms with Crippen molar-refractivity contribution in [2.75, 3.05) is 6.61 Å². The fraction of sp³-hybridized carbons (Fsp3) is 0.611. The summed E-state index contributed by atoms with van der Waals surface area (Å²) in [6, 6.07) is 8.40. The number of para-hydroxylation sites is 1. The first kappa shape index (κ1) is 37.2. The predicted molar refractivity (Wildman–Crippen MR) is 169 cm³/mol. The van der Waals surface area contributed by atoms with Crippen LogP contribution in [-0.4, -0.2) is 47.9 Å². The standard InChI is InChI=1S/C36H52F2O6/c1-5-7-8-9-13-18-28(6-2)35(41)44-33-25-32(39)30(23-24-36(37,38)26-42-29-19-14-12-15-20-29)31(33)21-16-10-11-17-22-34(40)43-27(3)4/h6,10,12,14-16,19-20,23-24,27-28,30-33,39H,2,5,7-9,11,13,17-18,21-22,25-26H2,1,3-4H3/b16-10-,24-23+/t28?,30-,31-,32-,33+/m1/s1. The Morgan fingerprint density at radius 1 is 1.09 bits per heavy atom. The molecule has 1 unspecified atom stereocenters. The van der Waals surface area contributed by atoms with Crippen molar-refractivity contribution < 1.29 is 37.7 Å². The maximum Gasteiger partial charge on any atom is 0.313 e. The summed E-state index contributed by atoms with van der Waals surface area (Å²) < 4.78 is 45.9. The van der Waals surface area contributed by atoms with Gasteiger partial charge in [0.05, 0.1) is 18.1 Å². The van der Waals surface area contributed by atoms with Gasteiger partial charge in [0.15, 0.2) is 6.61 Å². The van der Waals surface area contributed by atoms with Crippen LogP contribution >= 0.6 is 0 Å². The Morgan fingerprint density at radius 3 is 2.50 bits per heavy atom. The topological polar surface area (TPSA) is 82.1 Å². The number of ether oxygens (including phenoxy) is 3. The molecular formula is C36H52F2O6. The van der Waals surface area contributed by atoms with Gasteiger partial charge in [0.25, 0.3) is 5.92 Å². The molecule has 246 valence electrons. The smallest absolute Gasteiger partial charge is 0.313 e. The lowest BCUT2D eigenvalue weighted by molar-refractivity contribution is -0.154. The SMILES string of the molecule is C=CC(CCCCCCC)C(=O)O[C@H]1C[C@@H](O)[C@H](/C=C/C(F)(F)COc2ccccc2)[C@H]1C/C=C\CCCC(=O)OC(C)C. The Kier molecular flexibility index (Phi) is 17.0. The average Bonchev–Trinajstić information content (AvgIpc) is 3.27. The minimum absolute atomic E-state index is 0.157. The molecule has 1 aliphatic carbocycles. The van der Waals surface area contributed by atoms with E-state index >= 15 is 0 Å². The Morgan fingerprint density at radius 2 is 1.82 bits per heavy atom. The summed E-state index contributed by atoms with van der Waals surface area (Å²) in [5, 5.41) is 10.9. The number of halogens is 2. The minimum atomic E-state index is -3.26. The van der Waals surface area contributed by atoms with Gasteiger partial charge in [-0.3, -0.25) is 9.59 Å². The molecule has 1 aromatic rings. The Hall–Kier alpha value is -3.00. The summed E-state index contributed by atoms with van der Waals surface area (Å²) in [5.74, 6) is -5.05. The third kappa shape index (κ3) is 14.2. The van der Waals surface area contributed by atoms with Crippen molar-refractivity contribution in [1.82, 2.24) is 0 Å². The van der Waals surface area contributed by atoms with Crippen LogP contribution in [0, 0.1) is 17.8 Å². The van der Waals surface area contributed by atoms with Crippen LogP contribution in [-0.2, 0) is 19.1 Å². The highest BCUT2D eigenvalue weighted by molar-refractivity contribution is 5.74. The van der Waals surface area contributed by atoms with Crippen molar-refractivity contribution in [2.45, 2.75) is 116 Å². The Bertz CT molecular complexity index is 1040. The van der Waals surface area contributed by atoms with Crippen molar-refractivity contribution in [3.8, 4) is 5.75 Å². The van der Waals surface area contributed by atoms with E-state index in [4.69, 9.17) is 14.2 Å². The second-order valence-electron chi connectivity index (χ2n) is 11.9. The van der Waals surface area contributed by atoms with Crippen molar-refractivity contribution in [2.24, 2.45) is 17.8 Å². The number of allylic oxidation sites excluding steroid dienone is 2. The van der Waals surface area contributed by atoms with Crippen LogP contribution in [0.4, 0.5) is 8.78 Å². The summed E-state index contributed by atoms with van der Waals surface area (Å²) in [6.45, 7) is 8.75. The van der Waals surface area contributed by atoms with Crippen molar-refractivity contribution in [3.63, 3.8) is 0 Å². The maximum atomic E-state index is 14.8. The van der Waals surface area contributed by atoms with Crippen molar-refractivity contribution in [1.29, 1.82) is 0 Å². The molecule has 1 aromatic carbocycles. The number of aliphatic hydroxyl groups excluding tert-OH is 1. The molecule has 1 N–H and O–H groups in total. The van der Waals surface area contributed by atoms with Gasteiger partial charge in [0.2, 0.25) is 0 Å². The molecule has 0 heterocycles. The molecule has 1 aliphatic rings. The number of alkyl halides is 2. The van der Waals surface area contributed by atoms with Gasteiger partial charge in [0.1, 0.15) is 11.9 Å². The first-order valence-corrected chi connectivity index (χ1v) is 16.2. The molecule has 2 rings (SSSR count). The third-order valence-corrected chi connectivity index (χ3v) is 7.79. The number of carbonyl (C=O) groups excluding carboxylic acids is 2. The van der Waals surface area contributed by atoms with Crippen LogP contribution in [0.1, 0.15) is 91.4 Å². The van der Waals surface area contributed by atoms with Crippen LogP contribution in [0.15, 0.2) is 67.3 Å². The van der Waals surface area contributed by atoms with E-state index in [9.17, 15) is 23.5 Å². The molecular weight excluding hydrogens is 566 g/mol. The van der Waals surface area contributed by atoms with E-state index in [0.29, 0.717) is 37.9 Å². The second-order valence-corrected chi connectivity index (χ2v) is 11.9. The number of hydrogen-bond acceptors (Lipinski definition) is 6. The Balaban J connectivity index is 2.07. The third-order valence-electron chi connectivity index (χ3n) is 7.79. The summed E-state index contributed by atoms with van der Waals surface area (Å²) in [6.07, 6.45) is 14.0. The van der Waals surface area contributed by atoms with Gasteiger partial charge in [0, 0.05) is 24.7 Å². The molecule has 5 atom stereocenters. The fourth-order valence-corrected chi connectivity index (χ4v) is 5.41. The van der Waals surface area contributed by atoms with Crippen LogP contribution in [0.2, 0.25) is 0 Å².